The number of aromatic nitrogens is 3. The summed E-state index contributed by atoms with van der Waals surface area (Å²) < 4.78 is 13.5. The minimum absolute atomic E-state index is 0.113. The summed E-state index contributed by atoms with van der Waals surface area (Å²) in [7, 11) is 1.72. The van der Waals surface area contributed by atoms with Gasteiger partial charge in [-0.1, -0.05) is 6.92 Å². The van der Waals surface area contributed by atoms with Crippen LogP contribution >= 0.6 is 0 Å². The van der Waals surface area contributed by atoms with Crippen LogP contribution in [0.3, 0.4) is 0 Å². The summed E-state index contributed by atoms with van der Waals surface area (Å²) in [4.78, 5) is 2.39. The van der Waals surface area contributed by atoms with E-state index in [0.29, 0.717) is 6.61 Å². The first-order valence-electron chi connectivity index (χ1n) is 7.73. The van der Waals surface area contributed by atoms with Crippen LogP contribution in [0.5, 0.6) is 0 Å². The lowest BCUT2D eigenvalue weighted by Crippen LogP contribution is -2.53. The number of ether oxygens (including phenoxy) is 2. The average Bonchev–Trinajstić information content (AvgIpc) is 2.70. The van der Waals surface area contributed by atoms with Crippen molar-refractivity contribution in [2.24, 2.45) is 0 Å². The number of morpholine rings is 1. The minimum Gasteiger partial charge on any atom is -0.382 e. The monoisotopic (exact) mass is 296 g/mol. The van der Waals surface area contributed by atoms with E-state index in [1.165, 1.54) is 0 Å². The molecule has 1 aliphatic heterocycles. The standard InChI is InChI=1S/C15H28N4O2/c1-6-7-19-12(2)16-17-14(19)9-18-8-13(10-20-5)21-15(3,4)11-18/h13H,6-11H2,1-5H3/t13-/m0/s1. The van der Waals surface area contributed by atoms with Crippen molar-refractivity contribution >= 4 is 0 Å². The van der Waals surface area contributed by atoms with Gasteiger partial charge in [0.1, 0.15) is 11.6 Å². The largest absolute Gasteiger partial charge is 0.382 e. The highest BCUT2D eigenvalue weighted by Crippen LogP contribution is 2.22. The van der Waals surface area contributed by atoms with Crippen LogP contribution in [0.2, 0.25) is 0 Å². The van der Waals surface area contributed by atoms with Crippen LogP contribution in [0.15, 0.2) is 0 Å². The third kappa shape index (κ3) is 4.25. The summed E-state index contributed by atoms with van der Waals surface area (Å²) in [5, 5.41) is 8.57. The first-order valence-corrected chi connectivity index (χ1v) is 7.73. The highest BCUT2D eigenvalue weighted by atomic mass is 16.5. The number of hydrogen-bond acceptors (Lipinski definition) is 5. The van der Waals surface area contributed by atoms with E-state index in [4.69, 9.17) is 9.47 Å². The van der Waals surface area contributed by atoms with Crippen LogP contribution in [0.1, 0.15) is 38.8 Å². The zero-order chi connectivity index (χ0) is 15.5. The van der Waals surface area contributed by atoms with Crippen LogP contribution in [-0.4, -0.2) is 58.2 Å². The van der Waals surface area contributed by atoms with Gasteiger partial charge in [0, 0.05) is 26.7 Å². The number of hydrogen-bond donors (Lipinski definition) is 0. The lowest BCUT2D eigenvalue weighted by molar-refractivity contribution is -0.154. The molecular formula is C15H28N4O2. The highest BCUT2D eigenvalue weighted by Gasteiger charge is 2.33. The molecule has 2 heterocycles. The molecule has 120 valence electrons. The molecule has 6 heteroatoms. The van der Waals surface area contributed by atoms with E-state index in [0.717, 1.165) is 44.2 Å². The molecule has 0 spiro atoms. The first kappa shape index (κ1) is 16.4. The van der Waals surface area contributed by atoms with Gasteiger partial charge < -0.3 is 14.0 Å². The van der Waals surface area contributed by atoms with Crippen molar-refractivity contribution < 1.29 is 9.47 Å². The Kier molecular flexibility index (Phi) is 5.35. The Morgan fingerprint density at radius 2 is 2.14 bits per heavy atom. The summed E-state index contributed by atoms with van der Waals surface area (Å²) in [5.41, 5.74) is -0.161. The van der Waals surface area contributed by atoms with Crippen molar-refractivity contribution in [1.82, 2.24) is 19.7 Å². The molecule has 1 aromatic heterocycles. The Morgan fingerprint density at radius 1 is 1.38 bits per heavy atom. The summed E-state index contributed by atoms with van der Waals surface area (Å²) in [6, 6.07) is 0. The fraction of sp³-hybridized carbons (Fsp3) is 0.867. The van der Waals surface area contributed by atoms with Gasteiger partial charge in [0.15, 0.2) is 0 Å². The Balaban J connectivity index is 2.07. The molecule has 1 aromatic rings. The average molecular weight is 296 g/mol. The van der Waals surface area contributed by atoms with E-state index in [2.05, 4.69) is 40.4 Å². The number of aryl methyl sites for hydroxylation is 1. The van der Waals surface area contributed by atoms with Crippen molar-refractivity contribution in [2.45, 2.75) is 58.9 Å². The summed E-state index contributed by atoms with van der Waals surface area (Å²) in [6.45, 7) is 12.6. The summed E-state index contributed by atoms with van der Waals surface area (Å²) in [6.07, 6.45) is 1.20. The van der Waals surface area contributed by atoms with E-state index >= 15 is 0 Å². The number of rotatable bonds is 6. The third-order valence-corrected chi connectivity index (χ3v) is 3.73. The third-order valence-electron chi connectivity index (χ3n) is 3.73. The highest BCUT2D eigenvalue weighted by molar-refractivity contribution is 4.96. The molecule has 21 heavy (non-hydrogen) atoms. The van der Waals surface area contributed by atoms with E-state index in [9.17, 15) is 0 Å². The number of methoxy groups -OCH3 is 1. The van der Waals surface area contributed by atoms with Gasteiger partial charge in [0.05, 0.1) is 24.9 Å². The normalized spacial score (nSPS) is 22.6. The number of nitrogens with zero attached hydrogens (tertiary/aromatic N) is 4. The van der Waals surface area contributed by atoms with Gasteiger partial charge in [-0.25, -0.2) is 0 Å². The predicted molar refractivity (Wildman–Crippen MR) is 81.2 cm³/mol. The molecule has 0 aliphatic carbocycles. The van der Waals surface area contributed by atoms with E-state index < -0.39 is 0 Å². The second kappa shape index (κ2) is 6.85. The minimum atomic E-state index is -0.161. The maximum atomic E-state index is 6.06. The Hall–Kier alpha value is -0.980. The molecule has 1 aliphatic rings. The molecule has 0 N–H and O–H groups in total. The van der Waals surface area contributed by atoms with Gasteiger partial charge in [0.2, 0.25) is 0 Å². The lowest BCUT2D eigenvalue weighted by Gasteiger charge is -2.42. The molecule has 1 saturated heterocycles. The summed E-state index contributed by atoms with van der Waals surface area (Å²) >= 11 is 0. The molecule has 0 bridgehead atoms. The Labute approximate surface area is 127 Å². The maximum Gasteiger partial charge on any atom is 0.147 e. The molecule has 0 amide bonds. The fourth-order valence-electron chi connectivity index (χ4n) is 3.07. The Bertz CT molecular complexity index is 459. The van der Waals surface area contributed by atoms with Gasteiger partial charge in [-0.15, -0.1) is 10.2 Å². The van der Waals surface area contributed by atoms with Crippen molar-refractivity contribution in [3.05, 3.63) is 11.6 Å². The predicted octanol–water partition coefficient (Wildman–Crippen LogP) is 1.62. The van der Waals surface area contributed by atoms with Crippen LogP contribution in [0, 0.1) is 6.92 Å². The molecule has 6 nitrogen and oxygen atoms in total. The van der Waals surface area contributed by atoms with Gasteiger partial charge in [-0.3, -0.25) is 4.90 Å². The second-order valence-corrected chi connectivity index (χ2v) is 6.44. The van der Waals surface area contributed by atoms with Gasteiger partial charge >= 0.3 is 0 Å². The lowest BCUT2D eigenvalue weighted by atomic mass is 10.1. The van der Waals surface area contributed by atoms with Crippen molar-refractivity contribution in [3.63, 3.8) is 0 Å². The van der Waals surface area contributed by atoms with E-state index in [-0.39, 0.29) is 11.7 Å². The first-order chi connectivity index (χ1) is 9.95. The maximum absolute atomic E-state index is 6.06. The fourth-order valence-corrected chi connectivity index (χ4v) is 3.07. The molecular weight excluding hydrogens is 268 g/mol. The second-order valence-electron chi connectivity index (χ2n) is 6.44. The van der Waals surface area contributed by atoms with Crippen LogP contribution in [-0.2, 0) is 22.6 Å². The zero-order valence-electron chi connectivity index (χ0n) is 13.9. The van der Waals surface area contributed by atoms with Crippen molar-refractivity contribution in [2.75, 3.05) is 26.8 Å². The molecule has 0 aromatic carbocycles. The molecule has 0 unspecified atom stereocenters. The zero-order valence-corrected chi connectivity index (χ0v) is 13.9. The molecule has 2 rings (SSSR count). The van der Waals surface area contributed by atoms with Crippen molar-refractivity contribution in [1.29, 1.82) is 0 Å². The van der Waals surface area contributed by atoms with Gasteiger partial charge in [0.25, 0.3) is 0 Å². The Morgan fingerprint density at radius 3 is 2.81 bits per heavy atom. The van der Waals surface area contributed by atoms with E-state index in [1.807, 2.05) is 6.92 Å². The SMILES string of the molecule is CCCn1c(C)nnc1CN1C[C@@H](COC)OC(C)(C)C1. The van der Waals surface area contributed by atoms with Gasteiger partial charge in [-0.05, 0) is 27.2 Å². The molecule has 0 saturated carbocycles. The molecule has 0 radical (unpaired) electrons. The topological polar surface area (TPSA) is 52.4 Å². The quantitative estimate of drug-likeness (QED) is 0.798. The van der Waals surface area contributed by atoms with Crippen LogP contribution < -0.4 is 0 Å². The van der Waals surface area contributed by atoms with Crippen molar-refractivity contribution in [3.8, 4) is 0 Å². The van der Waals surface area contributed by atoms with Gasteiger partial charge in [-0.2, -0.15) is 0 Å². The van der Waals surface area contributed by atoms with E-state index in [1.54, 1.807) is 7.11 Å². The smallest absolute Gasteiger partial charge is 0.147 e. The summed E-state index contributed by atoms with van der Waals surface area (Å²) in [5.74, 6) is 2.04. The molecule has 1 fully saturated rings. The molecule has 1 atom stereocenters. The van der Waals surface area contributed by atoms with Crippen LogP contribution in [0.25, 0.3) is 0 Å². The van der Waals surface area contributed by atoms with Crippen LogP contribution in [0.4, 0.5) is 0 Å².